The van der Waals surface area contributed by atoms with Crippen LogP contribution < -0.4 is 10.6 Å². The fraction of sp³-hybridized carbons (Fsp3) is 0.300. The molecule has 1 unspecified atom stereocenters. The van der Waals surface area contributed by atoms with Crippen molar-refractivity contribution in [3.05, 3.63) is 89.1 Å². The maximum atomic E-state index is 13.3. The Morgan fingerprint density at radius 3 is 2.55 bits per heavy atom. The molecule has 1 atom stereocenters. The van der Waals surface area contributed by atoms with E-state index in [2.05, 4.69) is 22.8 Å². The summed E-state index contributed by atoms with van der Waals surface area (Å²) in [5.41, 5.74) is 3.77. The number of carbonyl (C=O) groups excluding carboxylic acids is 1. The molecule has 1 amide bonds. The second-order valence-corrected chi connectivity index (χ2v) is 10.3. The molecule has 8 heteroatoms. The van der Waals surface area contributed by atoms with Crippen LogP contribution in [0, 0.1) is 5.92 Å². The Kier molecular flexibility index (Phi) is 7.94. The summed E-state index contributed by atoms with van der Waals surface area (Å²) in [5.74, 6) is -0.202. The third-order valence-electron chi connectivity index (χ3n) is 7.22. The molecule has 1 saturated carbocycles. The molecule has 2 aromatic heterocycles. The Hall–Kier alpha value is -3.84. The van der Waals surface area contributed by atoms with E-state index >= 15 is 0 Å². The Bertz CT molecular complexity index is 1430. The number of anilines is 1. The van der Waals surface area contributed by atoms with Gasteiger partial charge in [-0.15, -0.1) is 0 Å². The average molecular weight is 531 g/mol. The molecule has 0 bridgehead atoms. The highest BCUT2D eigenvalue weighted by molar-refractivity contribution is 6.30. The molecule has 3 N–H and O–H groups in total. The SMILES string of the molecule is O=C(O)CC(NC(=O)c1ccn2c(NCc3ccccc3)c(-c3cccc(Cl)c3)nc2c1)C1CCCCC1. The third kappa shape index (κ3) is 6.00. The molecule has 0 saturated heterocycles. The number of fused-ring (bicyclic) bond motifs is 1. The monoisotopic (exact) mass is 530 g/mol. The van der Waals surface area contributed by atoms with Gasteiger partial charge in [0, 0.05) is 34.9 Å². The predicted molar refractivity (Wildman–Crippen MR) is 149 cm³/mol. The molecule has 2 heterocycles. The number of nitrogens with one attached hydrogen (secondary N) is 2. The van der Waals surface area contributed by atoms with Crippen molar-refractivity contribution in [2.24, 2.45) is 5.92 Å². The molecule has 1 fully saturated rings. The minimum absolute atomic E-state index is 0.0749. The second-order valence-electron chi connectivity index (χ2n) is 9.88. The van der Waals surface area contributed by atoms with E-state index in [0.29, 0.717) is 22.8 Å². The van der Waals surface area contributed by atoms with Gasteiger partial charge >= 0.3 is 5.97 Å². The van der Waals surface area contributed by atoms with Gasteiger partial charge in [-0.05, 0) is 48.6 Å². The molecule has 7 nitrogen and oxygen atoms in total. The first-order valence-electron chi connectivity index (χ1n) is 13.1. The first-order chi connectivity index (χ1) is 18.5. The van der Waals surface area contributed by atoms with Gasteiger partial charge in [0.15, 0.2) is 0 Å². The lowest BCUT2D eigenvalue weighted by molar-refractivity contribution is -0.137. The van der Waals surface area contributed by atoms with Crippen molar-refractivity contribution in [2.75, 3.05) is 5.32 Å². The number of hydrogen-bond donors (Lipinski definition) is 3. The Balaban J connectivity index is 1.45. The molecule has 1 aliphatic rings. The maximum absolute atomic E-state index is 13.3. The fourth-order valence-electron chi connectivity index (χ4n) is 5.29. The molecule has 196 valence electrons. The highest BCUT2D eigenvalue weighted by Crippen LogP contribution is 2.32. The van der Waals surface area contributed by atoms with Gasteiger partial charge in [-0.25, -0.2) is 4.98 Å². The van der Waals surface area contributed by atoms with Crippen LogP contribution in [-0.2, 0) is 11.3 Å². The molecule has 5 rings (SSSR count). The van der Waals surface area contributed by atoms with E-state index in [0.717, 1.165) is 54.7 Å². The van der Waals surface area contributed by atoms with E-state index in [1.54, 1.807) is 12.1 Å². The van der Waals surface area contributed by atoms with Crippen molar-refractivity contribution < 1.29 is 14.7 Å². The summed E-state index contributed by atoms with van der Waals surface area (Å²) in [7, 11) is 0. The second kappa shape index (κ2) is 11.7. The van der Waals surface area contributed by atoms with Crippen LogP contribution >= 0.6 is 11.6 Å². The minimum atomic E-state index is -0.898. The van der Waals surface area contributed by atoms with Gasteiger partial charge in [0.1, 0.15) is 17.2 Å². The zero-order chi connectivity index (χ0) is 26.5. The number of aromatic nitrogens is 2. The molecule has 0 spiro atoms. The number of pyridine rings is 1. The molecular weight excluding hydrogens is 500 g/mol. The number of carbonyl (C=O) groups is 2. The van der Waals surface area contributed by atoms with Crippen LogP contribution in [0.3, 0.4) is 0 Å². The standard InChI is InChI=1S/C30H31ClN4O3/c31-24-13-7-12-22(16-24)28-29(32-19-20-8-3-1-4-9-20)35-15-14-23(17-26(35)34-28)30(38)33-25(18-27(36)37)21-10-5-2-6-11-21/h1,3-4,7-9,12-17,21,25,32H,2,5-6,10-11,18-19H2,(H,33,38)(H,36,37). The maximum Gasteiger partial charge on any atom is 0.305 e. The first kappa shape index (κ1) is 25.8. The van der Waals surface area contributed by atoms with E-state index in [9.17, 15) is 14.7 Å². The van der Waals surface area contributed by atoms with Crippen molar-refractivity contribution in [3.8, 4) is 11.3 Å². The lowest BCUT2D eigenvalue weighted by Crippen LogP contribution is -2.42. The summed E-state index contributed by atoms with van der Waals surface area (Å²) in [6, 6.07) is 20.7. The zero-order valence-corrected chi connectivity index (χ0v) is 21.8. The molecule has 4 aromatic rings. The topological polar surface area (TPSA) is 95.7 Å². The normalized spacial score (nSPS) is 14.8. The number of carboxylic acid groups (broad SMARTS) is 1. The third-order valence-corrected chi connectivity index (χ3v) is 7.45. The van der Waals surface area contributed by atoms with E-state index in [4.69, 9.17) is 16.6 Å². The van der Waals surface area contributed by atoms with Crippen LogP contribution in [0.2, 0.25) is 5.02 Å². The summed E-state index contributed by atoms with van der Waals surface area (Å²) in [6.07, 6.45) is 6.94. The minimum Gasteiger partial charge on any atom is -0.481 e. The molecular formula is C30H31ClN4O3. The first-order valence-corrected chi connectivity index (χ1v) is 13.4. The number of benzene rings is 2. The van der Waals surface area contributed by atoms with Gasteiger partial charge in [0.25, 0.3) is 5.91 Å². The number of hydrogen-bond acceptors (Lipinski definition) is 4. The van der Waals surface area contributed by atoms with E-state index in [1.807, 2.05) is 53.1 Å². The molecule has 0 aliphatic heterocycles. The Labute approximate surface area is 226 Å². The van der Waals surface area contributed by atoms with Crippen LogP contribution in [0.25, 0.3) is 16.9 Å². The molecule has 0 radical (unpaired) electrons. The zero-order valence-electron chi connectivity index (χ0n) is 21.1. The van der Waals surface area contributed by atoms with Crippen LogP contribution in [0.4, 0.5) is 5.82 Å². The van der Waals surface area contributed by atoms with Crippen LogP contribution in [0.5, 0.6) is 0 Å². The summed E-state index contributed by atoms with van der Waals surface area (Å²) >= 11 is 6.28. The van der Waals surface area contributed by atoms with Gasteiger partial charge in [-0.2, -0.15) is 0 Å². The van der Waals surface area contributed by atoms with Gasteiger partial charge in [0.2, 0.25) is 0 Å². The number of amides is 1. The van der Waals surface area contributed by atoms with Crippen molar-refractivity contribution in [2.45, 2.75) is 51.1 Å². The number of aliphatic carboxylic acids is 1. The van der Waals surface area contributed by atoms with Crippen LogP contribution in [0.1, 0.15) is 54.4 Å². The number of carboxylic acids is 1. The number of imidazole rings is 1. The summed E-state index contributed by atoms with van der Waals surface area (Å²) in [5, 5.41) is 16.6. The summed E-state index contributed by atoms with van der Waals surface area (Å²) in [4.78, 5) is 29.7. The molecule has 2 aromatic carbocycles. The van der Waals surface area contributed by atoms with E-state index in [1.165, 1.54) is 0 Å². The largest absolute Gasteiger partial charge is 0.481 e. The van der Waals surface area contributed by atoms with E-state index < -0.39 is 5.97 Å². The smallest absolute Gasteiger partial charge is 0.305 e. The lowest BCUT2D eigenvalue weighted by Gasteiger charge is -2.30. The van der Waals surface area contributed by atoms with Crippen molar-refractivity contribution in [1.29, 1.82) is 0 Å². The molecule has 38 heavy (non-hydrogen) atoms. The summed E-state index contributed by atoms with van der Waals surface area (Å²) < 4.78 is 1.92. The van der Waals surface area contributed by atoms with Crippen molar-refractivity contribution >= 4 is 34.9 Å². The van der Waals surface area contributed by atoms with Crippen molar-refractivity contribution in [1.82, 2.24) is 14.7 Å². The highest BCUT2D eigenvalue weighted by Gasteiger charge is 2.28. The van der Waals surface area contributed by atoms with Crippen LogP contribution in [0.15, 0.2) is 72.9 Å². The number of rotatable bonds is 9. The van der Waals surface area contributed by atoms with Gasteiger partial charge in [0.05, 0.1) is 6.42 Å². The number of nitrogens with zero attached hydrogens (tertiary/aromatic N) is 2. The van der Waals surface area contributed by atoms with Gasteiger partial charge in [-0.3, -0.25) is 14.0 Å². The number of halogens is 1. The van der Waals surface area contributed by atoms with Crippen LogP contribution in [-0.4, -0.2) is 32.4 Å². The summed E-state index contributed by atoms with van der Waals surface area (Å²) in [6.45, 7) is 0.600. The molecule has 1 aliphatic carbocycles. The van der Waals surface area contributed by atoms with Gasteiger partial charge < -0.3 is 15.7 Å². The fourth-order valence-corrected chi connectivity index (χ4v) is 5.48. The Morgan fingerprint density at radius 1 is 1.03 bits per heavy atom. The van der Waals surface area contributed by atoms with Crippen molar-refractivity contribution in [3.63, 3.8) is 0 Å². The van der Waals surface area contributed by atoms with Gasteiger partial charge in [-0.1, -0.05) is 73.3 Å². The predicted octanol–water partition coefficient (Wildman–Crippen LogP) is 6.42. The Morgan fingerprint density at radius 2 is 1.82 bits per heavy atom. The highest BCUT2D eigenvalue weighted by atomic mass is 35.5. The average Bonchev–Trinajstić information content (AvgIpc) is 3.30. The quantitative estimate of drug-likeness (QED) is 0.232. The lowest BCUT2D eigenvalue weighted by atomic mass is 9.82. The van der Waals surface area contributed by atoms with E-state index in [-0.39, 0.29) is 24.3 Å².